The third-order valence-corrected chi connectivity index (χ3v) is 6.49. The summed E-state index contributed by atoms with van der Waals surface area (Å²) >= 11 is 0. The first-order valence-corrected chi connectivity index (χ1v) is 11.1. The van der Waals surface area contributed by atoms with Crippen LogP contribution in [0.2, 0.25) is 0 Å². The van der Waals surface area contributed by atoms with Gasteiger partial charge in [0.2, 0.25) is 5.91 Å². The molecule has 154 valence electrons. The van der Waals surface area contributed by atoms with E-state index >= 15 is 0 Å². The van der Waals surface area contributed by atoms with Crippen molar-refractivity contribution in [1.82, 2.24) is 9.80 Å². The van der Waals surface area contributed by atoms with Crippen LogP contribution < -0.4 is 5.32 Å². The van der Waals surface area contributed by atoms with Crippen LogP contribution in [0, 0.1) is 6.92 Å². The molecule has 1 aliphatic carbocycles. The second-order valence-corrected chi connectivity index (χ2v) is 8.53. The average molecular weight is 392 g/mol. The minimum Gasteiger partial charge on any atom is -0.324 e. The maximum atomic E-state index is 13.3. The Hall–Kier alpha value is -2.17. The molecule has 2 aromatic carbocycles. The number of carbonyl (C=O) groups excluding carboxylic acids is 1. The van der Waals surface area contributed by atoms with Crippen LogP contribution in [0.4, 0.5) is 5.69 Å². The molecule has 0 bridgehead atoms. The third-order valence-electron chi connectivity index (χ3n) is 6.49. The zero-order valence-electron chi connectivity index (χ0n) is 17.5. The van der Waals surface area contributed by atoms with E-state index in [1.54, 1.807) is 0 Å². The number of carbonyl (C=O) groups is 1. The fourth-order valence-corrected chi connectivity index (χ4v) is 4.82. The van der Waals surface area contributed by atoms with E-state index in [0.717, 1.165) is 43.5 Å². The van der Waals surface area contributed by atoms with Gasteiger partial charge in [0.15, 0.2) is 0 Å². The van der Waals surface area contributed by atoms with Crippen molar-refractivity contribution in [3.05, 3.63) is 65.7 Å². The van der Waals surface area contributed by atoms with Crippen LogP contribution in [-0.2, 0) is 4.79 Å². The predicted molar refractivity (Wildman–Crippen MR) is 119 cm³/mol. The maximum Gasteiger partial charge on any atom is 0.246 e. The van der Waals surface area contributed by atoms with Gasteiger partial charge >= 0.3 is 0 Å². The molecule has 4 rings (SSSR count). The average Bonchev–Trinajstić information content (AvgIpc) is 2.77. The number of hydrogen-bond acceptors (Lipinski definition) is 3. The van der Waals surface area contributed by atoms with Gasteiger partial charge in [0, 0.05) is 37.9 Å². The number of hydrogen-bond donors (Lipinski definition) is 1. The molecule has 2 aliphatic rings. The first kappa shape index (κ1) is 20.1. The van der Waals surface area contributed by atoms with Gasteiger partial charge in [0.1, 0.15) is 6.04 Å². The SMILES string of the molecule is Cc1ccc(NC(=O)C(c2ccccc2)N2CCN(C3CCCCC3)CC2)cc1. The Morgan fingerprint density at radius 1 is 0.897 bits per heavy atom. The van der Waals surface area contributed by atoms with Crippen LogP contribution in [0.5, 0.6) is 0 Å². The number of aryl methyl sites for hydroxylation is 1. The van der Waals surface area contributed by atoms with Gasteiger partial charge in [-0.05, 0) is 37.5 Å². The summed E-state index contributed by atoms with van der Waals surface area (Å²) in [6.45, 7) is 6.07. The third kappa shape index (κ3) is 5.06. The molecule has 0 aromatic heterocycles. The van der Waals surface area contributed by atoms with Crippen molar-refractivity contribution in [3.63, 3.8) is 0 Å². The standard InChI is InChI=1S/C25H33N3O/c1-20-12-14-22(15-13-20)26-25(29)24(21-8-4-2-5-9-21)28-18-16-27(17-19-28)23-10-6-3-7-11-23/h2,4-5,8-9,12-15,23-24H,3,6-7,10-11,16-19H2,1H3,(H,26,29). The lowest BCUT2D eigenvalue weighted by Crippen LogP contribution is -2.53. The number of nitrogens with one attached hydrogen (secondary N) is 1. The molecular formula is C25H33N3O. The van der Waals surface area contributed by atoms with Crippen LogP contribution in [0.15, 0.2) is 54.6 Å². The molecule has 1 amide bonds. The van der Waals surface area contributed by atoms with Crippen molar-refractivity contribution < 1.29 is 4.79 Å². The predicted octanol–water partition coefficient (Wildman–Crippen LogP) is 4.63. The molecule has 0 radical (unpaired) electrons. The summed E-state index contributed by atoms with van der Waals surface area (Å²) < 4.78 is 0. The summed E-state index contributed by atoms with van der Waals surface area (Å²) in [5.41, 5.74) is 3.13. The zero-order valence-corrected chi connectivity index (χ0v) is 17.5. The number of benzene rings is 2. The summed E-state index contributed by atoms with van der Waals surface area (Å²) in [6.07, 6.45) is 6.82. The molecule has 4 heteroatoms. The highest BCUT2D eigenvalue weighted by Gasteiger charge is 2.32. The first-order valence-electron chi connectivity index (χ1n) is 11.1. The Kier molecular flexibility index (Phi) is 6.63. The quantitative estimate of drug-likeness (QED) is 0.807. The Labute approximate surface area is 174 Å². The van der Waals surface area contributed by atoms with Crippen LogP contribution in [-0.4, -0.2) is 47.9 Å². The lowest BCUT2D eigenvalue weighted by Gasteiger charge is -2.43. The molecule has 0 spiro atoms. The van der Waals surface area contributed by atoms with Gasteiger partial charge in [-0.25, -0.2) is 0 Å². The van der Waals surface area contributed by atoms with Crippen LogP contribution in [0.1, 0.15) is 49.3 Å². The molecule has 2 fully saturated rings. The molecule has 1 unspecified atom stereocenters. The minimum atomic E-state index is -0.244. The van der Waals surface area contributed by atoms with Crippen molar-refractivity contribution in [2.45, 2.75) is 51.1 Å². The van der Waals surface area contributed by atoms with Crippen LogP contribution in [0.25, 0.3) is 0 Å². The molecule has 1 saturated heterocycles. The lowest BCUT2D eigenvalue weighted by atomic mass is 9.93. The Morgan fingerprint density at radius 3 is 2.21 bits per heavy atom. The smallest absolute Gasteiger partial charge is 0.246 e. The number of piperazine rings is 1. The fraction of sp³-hybridized carbons (Fsp3) is 0.480. The van der Waals surface area contributed by atoms with E-state index in [-0.39, 0.29) is 11.9 Å². The van der Waals surface area contributed by atoms with Gasteiger partial charge in [-0.3, -0.25) is 14.6 Å². The molecular weight excluding hydrogens is 358 g/mol. The molecule has 1 atom stereocenters. The topological polar surface area (TPSA) is 35.6 Å². The summed E-state index contributed by atoms with van der Waals surface area (Å²) in [5, 5.41) is 3.15. The van der Waals surface area contributed by atoms with Crippen LogP contribution in [0.3, 0.4) is 0 Å². The van der Waals surface area contributed by atoms with E-state index in [4.69, 9.17) is 0 Å². The molecule has 1 N–H and O–H groups in total. The molecule has 29 heavy (non-hydrogen) atoms. The second-order valence-electron chi connectivity index (χ2n) is 8.53. The molecule has 1 aliphatic heterocycles. The van der Waals surface area contributed by atoms with E-state index in [0.29, 0.717) is 0 Å². The highest BCUT2D eigenvalue weighted by molar-refractivity contribution is 5.95. The van der Waals surface area contributed by atoms with E-state index < -0.39 is 0 Å². The molecule has 1 saturated carbocycles. The monoisotopic (exact) mass is 391 g/mol. The largest absolute Gasteiger partial charge is 0.324 e. The zero-order chi connectivity index (χ0) is 20.1. The van der Waals surface area contributed by atoms with Gasteiger partial charge < -0.3 is 5.32 Å². The van der Waals surface area contributed by atoms with Gasteiger partial charge in [0.05, 0.1) is 0 Å². The highest BCUT2D eigenvalue weighted by atomic mass is 16.2. The molecule has 4 nitrogen and oxygen atoms in total. The Bertz CT molecular complexity index is 775. The van der Waals surface area contributed by atoms with E-state index in [1.807, 2.05) is 42.5 Å². The summed E-state index contributed by atoms with van der Waals surface area (Å²) in [4.78, 5) is 18.3. The van der Waals surface area contributed by atoms with Crippen molar-refractivity contribution in [2.75, 3.05) is 31.5 Å². The van der Waals surface area contributed by atoms with Gasteiger partial charge in [-0.1, -0.05) is 67.3 Å². The van der Waals surface area contributed by atoms with Crippen molar-refractivity contribution in [1.29, 1.82) is 0 Å². The number of nitrogens with zero attached hydrogens (tertiary/aromatic N) is 2. The normalized spacial score (nSPS) is 20.3. The van der Waals surface area contributed by atoms with Gasteiger partial charge in [-0.15, -0.1) is 0 Å². The summed E-state index contributed by atoms with van der Waals surface area (Å²) in [5.74, 6) is 0.0613. The maximum absolute atomic E-state index is 13.3. The van der Waals surface area contributed by atoms with Gasteiger partial charge in [-0.2, -0.15) is 0 Å². The van der Waals surface area contributed by atoms with Crippen molar-refractivity contribution in [2.24, 2.45) is 0 Å². The van der Waals surface area contributed by atoms with E-state index in [1.165, 1.54) is 37.7 Å². The fourth-order valence-electron chi connectivity index (χ4n) is 4.82. The second kappa shape index (κ2) is 9.55. The summed E-state index contributed by atoms with van der Waals surface area (Å²) in [7, 11) is 0. The van der Waals surface area contributed by atoms with Crippen LogP contribution >= 0.6 is 0 Å². The van der Waals surface area contributed by atoms with Crippen molar-refractivity contribution in [3.8, 4) is 0 Å². The number of rotatable bonds is 5. The van der Waals surface area contributed by atoms with Crippen molar-refractivity contribution >= 4 is 11.6 Å². The Morgan fingerprint density at radius 2 is 1.55 bits per heavy atom. The molecule has 1 heterocycles. The summed E-state index contributed by atoms with van der Waals surface area (Å²) in [6, 6.07) is 18.8. The first-order chi connectivity index (χ1) is 14.2. The number of anilines is 1. The minimum absolute atomic E-state index is 0.0613. The van der Waals surface area contributed by atoms with E-state index in [9.17, 15) is 4.79 Å². The number of amides is 1. The van der Waals surface area contributed by atoms with E-state index in [2.05, 4.69) is 34.2 Å². The Balaban J connectivity index is 1.46. The van der Waals surface area contributed by atoms with Gasteiger partial charge in [0.25, 0.3) is 0 Å². The molecule has 2 aromatic rings. The highest BCUT2D eigenvalue weighted by Crippen LogP contribution is 2.28. The lowest BCUT2D eigenvalue weighted by molar-refractivity contribution is -0.122.